The fourth-order valence-electron chi connectivity index (χ4n) is 1.67. The highest BCUT2D eigenvalue weighted by Gasteiger charge is 2.16. The van der Waals surface area contributed by atoms with E-state index in [1.807, 2.05) is 13.0 Å². The summed E-state index contributed by atoms with van der Waals surface area (Å²) in [5, 5.41) is 3.20. The number of aromatic nitrogens is 1. The third kappa shape index (κ3) is 4.12. The molecular formula is C14H13BrN2O3S. The zero-order valence-electron chi connectivity index (χ0n) is 11.5. The number of carbonyl (C=O) groups excluding carboxylic acids is 2. The van der Waals surface area contributed by atoms with Crippen LogP contribution in [0.5, 0.6) is 5.75 Å². The molecule has 0 unspecified atom stereocenters. The van der Waals surface area contributed by atoms with Crippen molar-refractivity contribution in [1.82, 2.24) is 4.98 Å². The summed E-state index contributed by atoms with van der Waals surface area (Å²) < 4.78 is 6.29. The van der Waals surface area contributed by atoms with E-state index in [0.717, 1.165) is 9.35 Å². The normalized spacial score (nSPS) is 10.2. The highest BCUT2D eigenvalue weighted by Crippen LogP contribution is 2.27. The maximum Gasteiger partial charge on any atom is 0.261 e. The van der Waals surface area contributed by atoms with Crippen LogP contribution in [0.4, 0.5) is 5.13 Å². The van der Waals surface area contributed by atoms with Gasteiger partial charge in [-0.25, -0.2) is 4.98 Å². The van der Waals surface area contributed by atoms with Gasteiger partial charge in [-0.1, -0.05) is 23.5 Å². The number of nitrogens with zero attached hydrogens (tertiary/aromatic N) is 1. The van der Waals surface area contributed by atoms with Gasteiger partial charge in [-0.05, 0) is 41.4 Å². The number of para-hydroxylation sites is 1. The van der Waals surface area contributed by atoms with Crippen molar-refractivity contribution in [3.63, 3.8) is 0 Å². The molecule has 0 bridgehead atoms. The Hall–Kier alpha value is -1.73. The number of aryl methyl sites for hydroxylation is 1. The molecule has 1 amide bonds. The van der Waals surface area contributed by atoms with Crippen LogP contribution in [-0.4, -0.2) is 23.3 Å². The number of Topliss-reactive ketones (excluding diaryl/α,β-unsaturated/α-hetero) is 1. The predicted octanol–water partition coefficient (Wildman–Crippen LogP) is 3.43. The molecule has 0 aliphatic heterocycles. The SMILES string of the molecule is CC(=O)COc1c(C)cccc1C(=O)Nc1ncc(Br)s1. The van der Waals surface area contributed by atoms with Gasteiger partial charge in [-0.2, -0.15) is 0 Å². The monoisotopic (exact) mass is 368 g/mol. The molecule has 1 heterocycles. The zero-order valence-corrected chi connectivity index (χ0v) is 13.9. The third-order valence-corrected chi connectivity index (χ3v) is 3.97. The van der Waals surface area contributed by atoms with Gasteiger partial charge in [0.1, 0.15) is 12.4 Å². The Bertz CT molecular complexity index is 685. The summed E-state index contributed by atoms with van der Waals surface area (Å²) in [5.74, 6) is -0.00612. The molecule has 0 aliphatic carbocycles. The van der Waals surface area contributed by atoms with Crippen molar-refractivity contribution in [3.8, 4) is 5.75 Å². The fourth-order valence-corrected chi connectivity index (χ4v) is 2.77. The molecule has 0 atom stereocenters. The van der Waals surface area contributed by atoms with E-state index < -0.39 is 0 Å². The maximum atomic E-state index is 12.3. The lowest BCUT2D eigenvalue weighted by atomic mass is 10.1. The molecule has 2 aromatic rings. The number of ether oxygens (including phenoxy) is 1. The van der Waals surface area contributed by atoms with Gasteiger partial charge in [0.05, 0.1) is 15.5 Å². The first kappa shape index (κ1) is 15.7. The second-order valence-corrected chi connectivity index (χ2v) is 6.78. The quantitative estimate of drug-likeness (QED) is 0.877. The second kappa shape index (κ2) is 6.82. The number of thiazole rings is 1. The number of anilines is 1. The average Bonchev–Trinajstić information content (AvgIpc) is 2.82. The summed E-state index contributed by atoms with van der Waals surface area (Å²) in [6.45, 7) is 3.20. The standard InChI is InChI=1S/C14H13BrN2O3S/c1-8-4-3-5-10(12(8)20-7-9(2)18)13(19)17-14-16-6-11(15)21-14/h3-6H,7H2,1-2H3,(H,16,17,19). The van der Waals surface area contributed by atoms with Crippen LogP contribution in [-0.2, 0) is 4.79 Å². The Kier molecular flexibility index (Phi) is 5.08. The topological polar surface area (TPSA) is 68.3 Å². The Labute approximate surface area is 134 Å². The summed E-state index contributed by atoms with van der Waals surface area (Å²) in [6.07, 6.45) is 1.61. The van der Waals surface area contributed by atoms with Crippen molar-refractivity contribution >= 4 is 44.1 Å². The Morgan fingerprint density at radius 2 is 2.19 bits per heavy atom. The fraction of sp³-hybridized carbons (Fsp3) is 0.214. The molecule has 1 aromatic heterocycles. The lowest BCUT2D eigenvalue weighted by molar-refractivity contribution is -0.118. The van der Waals surface area contributed by atoms with Crippen molar-refractivity contribution in [2.75, 3.05) is 11.9 Å². The number of halogens is 1. The molecule has 5 nitrogen and oxygen atoms in total. The van der Waals surface area contributed by atoms with Gasteiger partial charge in [0.25, 0.3) is 5.91 Å². The predicted molar refractivity (Wildman–Crippen MR) is 85.1 cm³/mol. The number of nitrogens with one attached hydrogen (secondary N) is 1. The van der Waals surface area contributed by atoms with E-state index in [0.29, 0.717) is 16.4 Å². The molecule has 110 valence electrons. The van der Waals surface area contributed by atoms with Gasteiger partial charge in [-0.15, -0.1) is 0 Å². The van der Waals surface area contributed by atoms with Gasteiger partial charge in [0, 0.05) is 0 Å². The van der Waals surface area contributed by atoms with Gasteiger partial charge in [0.15, 0.2) is 10.9 Å². The first-order valence-electron chi connectivity index (χ1n) is 6.12. The van der Waals surface area contributed by atoms with Crippen molar-refractivity contribution in [2.24, 2.45) is 0 Å². The lowest BCUT2D eigenvalue weighted by Gasteiger charge is -2.12. The summed E-state index contributed by atoms with van der Waals surface area (Å²) in [7, 11) is 0. The van der Waals surface area contributed by atoms with Crippen LogP contribution in [0.25, 0.3) is 0 Å². The Morgan fingerprint density at radius 3 is 2.81 bits per heavy atom. The lowest BCUT2D eigenvalue weighted by Crippen LogP contribution is -2.16. The number of amides is 1. The van der Waals surface area contributed by atoms with Gasteiger partial charge >= 0.3 is 0 Å². The minimum atomic E-state index is -0.320. The first-order valence-corrected chi connectivity index (χ1v) is 7.73. The smallest absolute Gasteiger partial charge is 0.261 e. The van der Waals surface area contributed by atoms with Crippen molar-refractivity contribution < 1.29 is 14.3 Å². The number of benzene rings is 1. The van der Waals surface area contributed by atoms with Crippen LogP contribution in [0.3, 0.4) is 0 Å². The minimum Gasteiger partial charge on any atom is -0.485 e. The molecular weight excluding hydrogens is 356 g/mol. The van der Waals surface area contributed by atoms with Crippen LogP contribution < -0.4 is 10.1 Å². The molecule has 0 saturated carbocycles. The zero-order chi connectivity index (χ0) is 15.4. The number of ketones is 1. The highest BCUT2D eigenvalue weighted by molar-refractivity contribution is 9.11. The van der Waals surface area contributed by atoms with Gasteiger partial charge in [-0.3, -0.25) is 14.9 Å². The van der Waals surface area contributed by atoms with E-state index in [1.165, 1.54) is 18.3 Å². The van der Waals surface area contributed by atoms with E-state index in [2.05, 4.69) is 26.2 Å². The number of hydrogen-bond donors (Lipinski definition) is 1. The third-order valence-electron chi connectivity index (χ3n) is 2.57. The summed E-state index contributed by atoms with van der Waals surface area (Å²) in [6, 6.07) is 5.25. The van der Waals surface area contributed by atoms with Crippen LogP contribution in [0.2, 0.25) is 0 Å². The van der Waals surface area contributed by atoms with E-state index in [9.17, 15) is 9.59 Å². The van der Waals surface area contributed by atoms with Crippen LogP contribution >= 0.6 is 27.3 Å². The van der Waals surface area contributed by atoms with Crippen molar-refractivity contribution in [3.05, 3.63) is 39.3 Å². The largest absolute Gasteiger partial charge is 0.485 e. The first-order chi connectivity index (χ1) is 9.97. The summed E-state index contributed by atoms with van der Waals surface area (Å²) >= 11 is 4.61. The second-order valence-electron chi connectivity index (χ2n) is 4.37. The maximum absolute atomic E-state index is 12.3. The molecule has 1 aromatic carbocycles. The number of hydrogen-bond acceptors (Lipinski definition) is 5. The molecule has 0 spiro atoms. The molecule has 0 radical (unpaired) electrons. The van der Waals surface area contributed by atoms with Crippen molar-refractivity contribution in [2.45, 2.75) is 13.8 Å². The molecule has 7 heteroatoms. The minimum absolute atomic E-state index is 0.0616. The average molecular weight is 369 g/mol. The molecule has 1 N–H and O–H groups in total. The van der Waals surface area contributed by atoms with E-state index in [-0.39, 0.29) is 18.3 Å². The van der Waals surface area contributed by atoms with Crippen LogP contribution in [0, 0.1) is 6.92 Å². The molecule has 0 fully saturated rings. The van der Waals surface area contributed by atoms with Crippen LogP contribution in [0.15, 0.2) is 28.2 Å². The summed E-state index contributed by atoms with van der Waals surface area (Å²) in [5.41, 5.74) is 1.17. The van der Waals surface area contributed by atoms with E-state index >= 15 is 0 Å². The van der Waals surface area contributed by atoms with E-state index in [1.54, 1.807) is 18.3 Å². The number of carbonyl (C=O) groups is 2. The van der Waals surface area contributed by atoms with Gasteiger partial charge in [0.2, 0.25) is 0 Å². The molecule has 0 saturated heterocycles. The molecule has 21 heavy (non-hydrogen) atoms. The molecule has 0 aliphatic rings. The van der Waals surface area contributed by atoms with Crippen LogP contribution in [0.1, 0.15) is 22.8 Å². The number of rotatable bonds is 5. The Morgan fingerprint density at radius 1 is 1.43 bits per heavy atom. The Balaban J connectivity index is 2.23. The highest BCUT2D eigenvalue weighted by atomic mass is 79.9. The van der Waals surface area contributed by atoms with Gasteiger partial charge < -0.3 is 4.74 Å². The van der Waals surface area contributed by atoms with Crippen molar-refractivity contribution in [1.29, 1.82) is 0 Å². The van der Waals surface area contributed by atoms with E-state index in [4.69, 9.17) is 4.74 Å². The molecule has 2 rings (SSSR count). The summed E-state index contributed by atoms with van der Waals surface area (Å²) in [4.78, 5) is 27.4.